The van der Waals surface area contributed by atoms with Gasteiger partial charge in [-0.3, -0.25) is 0 Å². The summed E-state index contributed by atoms with van der Waals surface area (Å²) in [6.45, 7) is 6.54. The maximum absolute atomic E-state index is 6.48. The summed E-state index contributed by atoms with van der Waals surface area (Å²) < 4.78 is 0. The van der Waals surface area contributed by atoms with Gasteiger partial charge in [0.15, 0.2) is 0 Å². The SMILES string of the molecule is CCCCCCCC(Cl)c1ccc(C)cc1C. The van der Waals surface area contributed by atoms with Gasteiger partial charge in [0.1, 0.15) is 0 Å². The van der Waals surface area contributed by atoms with Crippen molar-refractivity contribution in [2.75, 3.05) is 0 Å². The Labute approximate surface area is 111 Å². The predicted molar refractivity (Wildman–Crippen MR) is 77.9 cm³/mol. The number of benzene rings is 1. The molecule has 0 heterocycles. The molecular weight excluding hydrogens is 228 g/mol. The van der Waals surface area contributed by atoms with Gasteiger partial charge in [0, 0.05) is 0 Å². The van der Waals surface area contributed by atoms with E-state index in [-0.39, 0.29) is 5.38 Å². The zero-order valence-corrected chi connectivity index (χ0v) is 12.2. The Kier molecular flexibility index (Phi) is 6.65. The van der Waals surface area contributed by atoms with Crippen molar-refractivity contribution in [2.24, 2.45) is 0 Å². The largest absolute Gasteiger partial charge is 0.118 e. The van der Waals surface area contributed by atoms with E-state index in [4.69, 9.17) is 11.6 Å². The van der Waals surface area contributed by atoms with Gasteiger partial charge in [0.05, 0.1) is 5.38 Å². The molecule has 1 aromatic carbocycles. The average Bonchev–Trinajstić information content (AvgIpc) is 2.28. The van der Waals surface area contributed by atoms with Gasteiger partial charge in [-0.25, -0.2) is 0 Å². The molecule has 1 heteroatoms. The summed E-state index contributed by atoms with van der Waals surface area (Å²) in [5, 5.41) is 0.192. The van der Waals surface area contributed by atoms with Crippen LogP contribution < -0.4 is 0 Å². The summed E-state index contributed by atoms with van der Waals surface area (Å²) >= 11 is 6.48. The van der Waals surface area contributed by atoms with Crippen molar-refractivity contribution in [2.45, 2.75) is 64.7 Å². The fourth-order valence-electron chi connectivity index (χ4n) is 2.26. The Balaban J connectivity index is 2.38. The maximum Gasteiger partial charge on any atom is 0.0587 e. The van der Waals surface area contributed by atoms with Crippen molar-refractivity contribution in [1.82, 2.24) is 0 Å². The Morgan fingerprint density at radius 2 is 1.76 bits per heavy atom. The molecule has 0 radical (unpaired) electrons. The molecule has 0 amide bonds. The zero-order valence-electron chi connectivity index (χ0n) is 11.4. The molecule has 17 heavy (non-hydrogen) atoms. The van der Waals surface area contributed by atoms with Gasteiger partial charge in [-0.05, 0) is 31.4 Å². The first kappa shape index (κ1) is 14.6. The Bertz CT molecular complexity index is 330. The highest BCUT2D eigenvalue weighted by Gasteiger charge is 2.10. The molecule has 1 rings (SSSR count). The summed E-state index contributed by atoms with van der Waals surface area (Å²) in [5.41, 5.74) is 3.96. The number of hydrogen-bond donors (Lipinski definition) is 0. The van der Waals surface area contributed by atoms with Crippen LogP contribution in [0.2, 0.25) is 0 Å². The van der Waals surface area contributed by atoms with Crippen LogP contribution in [0.3, 0.4) is 0 Å². The molecule has 1 aromatic rings. The van der Waals surface area contributed by atoms with Crippen LogP contribution in [0.15, 0.2) is 18.2 Å². The third-order valence-corrected chi connectivity index (χ3v) is 3.78. The van der Waals surface area contributed by atoms with Crippen LogP contribution >= 0.6 is 11.6 Å². The first-order valence-electron chi connectivity index (χ1n) is 6.86. The van der Waals surface area contributed by atoms with E-state index >= 15 is 0 Å². The molecule has 96 valence electrons. The van der Waals surface area contributed by atoms with E-state index in [0.717, 1.165) is 6.42 Å². The van der Waals surface area contributed by atoms with Gasteiger partial charge in [0.25, 0.3) is 0 Å². The number of alkyl halides is 1. The van der Waals surface area contributed by atoms with Crippen LogP contribution in [0.5, 0.6) is 0 Å². The number of rotatable bonds is 7. The van der Waals surface area contributed by atoms with E-state index in [1.54, 1.807) is 0 Å². The lowest BCUT2D eigenvalue weighted by atomic mass is 9.99. The van der Waals surface area contributed by atoms with E-state index < -0.39 is 0 Å². The number of unbranched alkanes of at least 4 members (excludes halogenated alkanes) is 4. The summed E-state index contributed by atoms with van der Waals surface area (Å²) in [6.07, 6.45) is 7.70. The van der Waals surface area contributed by atoms with Crippen LogP contribution in [-0.2, 0) is 0 Å². The fraction of sp³-hybridized carbons (Fsp3) is 0.625. The normalized spacial score (nSPS) is 12.7. The molecule has 0 saturated carbocycles. The average molecular weight is 253 g/mol. The molecule has 0 aliphatic carbocycles. The number of aryl methyl sites for hydroxylation is 2. The van der Waals surface area contributed by atoms with Crippen LogP contribution in [0.1, 0.15) is 67.5 Å². The molecule has 0 bridgehead atoms. The third-order valence-electron chi connectivity index (χ3n) is 3.32. The smallest absolute Gasteiger partial charge is 0.0587 e. The zero-order chi connectivity index (χ0) is 12.7. The standard InChI is InChI=1S/C16H25Cl/c1-4-5-6-7-8-9-16(17)15-11-10-13(2)12-14(15)3/h10-12,16H,4-9H2,1-3H3. The number of hydrogen-bond acceptors (Lipinski definition) is 0. The lowest BCUT2D eigenvalue weighted by molar-refractivity contribution is 0.601. The number of halogens is 1. The van der Waals surface area contributed by atoms with Crippen molar-refractivity contribution < 1.29 is 0 Å². The van der Waals surface area contributed by atoms with Crippen molar-refractivity contribution in [3.8, 4) is 0 Å². The van der Waals surface area contributed by atoms with Crippen LogP contribution in [-0.4, -0.2) is 0 Å². The molecule has 0 aliphatic heterocycles. The second kappa shape index (κ2) is 7.76. The van der Waals surface area contributed by atoms with Gasteiger partial charge < -0.3 is 0 Å². The Morgan fingerprint density at radius 3 is 2.41 bits per heavy atom. The molecule has 0 spiro atoms. The van der Waals surface area contributed by atoms with E-state index in [1.165, 1.54) is 48.8 Å². The van der Waals surface area contributed by atoms with Crippen LogP contribution in [0.25, 0.3) is 0 Å². The van der Waals surface area contributed by atoms with Crippen molar-refractivity contribution >= 4 is 11.6 Å². The second-order valence-corrected chi connectivity index (χ2v) is 5.56. The molecule has 0 saturated heterocycles. The molecule has 1 atom stereocenters. The molecule has 1 unspecified atom stereocenters. The fourth-order valence-corrected chi connectivity index (χ4v) is 2.66. The first-order chi connectivity index (χ1) is 8.15. The highest BCUT2D eigenvalue weighted by atomic mass is 35.5. The van der Waals surface area contributed by atoms with E-state index in [9.17, 15) is 0 Å². The van der Waals surface area contributed by atoms with Crippen molar-refractivity contribution in [3.63, 3.8) is 0 Å². The molecular formula is C16H25Cl. The molecule has 0 aliphatic rings. The lowest BCUT2D eigenvalue weighted by Crippen LogP contribution is -1.95. The highest BCUT2D eigenvalue weighted by molar-refractivity contribution is 6.20. The van der Waals surface area contributed by atoms with Gasteiger partial charge in [-0.15, -0.1) is 11.6 Å². The van der Waals surface area contributed by atoms with Crippen molar-refractivity contribution in [1.29, 1.82) is 0 Å². The van der Waals surface area contributed by atoms with Gasteiger partial charge in [-0.1, -0.05) is 62.8 Å². The van der Waals surface area contributed by atoms with Crippen LogP contribution in [0.4, 0.5) is 0 Å². The van der Waals surface area contributed by atoms with Gasteiger partial charge >= 0.3 is 0 Å². The quantitative estimate of drug-likeness (QED) is 0.416. The first-order valence-corrected chi connectivity index (χ1v) is 7.30. The summed E-state index contributed by atoms with van der Waals surface area (Å²) in [5.74, 6) is 0. The predicted octanol–water partition coefficient (Wildman–Crippen LogP) is 5.94. The van der Waals surface area contributed by atoms with Gasteiger partial charge in [-0.2, -0.15) is 0 Å². The minimum atomic E-state index is 0.192. The molecule has 0 nitrogen and oxygen atoms in total. The Hall–Kier alpha value is -0.490. The second-order valence-electron chi connectivity index (χ2n) is 5.03. The summed E-state index contributed by atoms with van der Waals surface area (Å²) in [4.78, 5) is 0. The van der Waals surface area contributed by atoms with E-state index in [0.29, 0.717) is 0 Å². The summed E-state index contributed by atoms with van der Waals surface area (Å²) in [6, 6.07) is 6.57. The molecule has 0 aromatic heterocycles. The molecule has 0 N–H and O–H groups in total. The highest BCUT2D eigenvalue weighted by Crippen LogP contribution is 2.29. The summed E-state index contributed by atoms with van der Waals surface area (Å²) in [7, 11) is 0. The molecule has 0 fully saturated rings. The Morgan fingerprint density at radius 1 is 1.06 bits per heavy atom. The van der Waals surface area contributed by atoms with E-state index in [1.807, 2.05) is 0 Å². The van der Waals surface area contributed by atoms with Gasteiger partial charge in [0.2, 0.25) is 0 Å². The van der Waals surface area contributed by atoms with E-state index in [2.05, 4.69) is 39.0 Å². The monoisotopic (exact) mass is 252 g/mol. The lowest BCUT2D eigenvalue weighted by Gasteiger charge is -2.13. The van der Waals surface area contributed by atoms with Crippen molar-refractivity contribution in [3.05, 3.63) is 34.9 Å². The maximum atomic E-state index is 6.48. The topological polar surface area (TPSA) is 0 Å². The minimum Gasteiger partial charge on any atom is -0.118 e. The minimum absolute atomic E-state index is 0.192. The third kappa shape index (κ3) is 5.12. The van der Waals surface area contributed by atoms with Crippen LogP contribution in [0, 0.1) is 13.8 Å².